The smallest absolute Gasteiger partial charge is 0.264 e. The highest BCUT2D eigenvalue weighted by Gasteiger charge is 2.34. The molecule has 4 rings (SSSR count). The summed E-state index contributed by atoms with van der Waals surface area (Å²) in [6, 6.07) is 26.6. The van der Waals surface area contributed by atoms with Crippen LogP contribution in [0.15, 0.2) is 108 Å². The molecule has 46 heavy (non-hydrogen) atoms. The highest BCUT2D eigenvalue weighted by atomic mass is 32.2. The Hall–Kier alpha value is -4.70. The summed E-state index contributed by atoms with van der Waals surface area (Å²) in [6.07, 6.45) is 0.978. The van der Waals surface area contributed by atoms with Gasteiger partial charge in [-0.3, -0.25) is 13.9 Å². The number of halogens is 1. The quantitative estimate of drug-likeness (QED) is 0.162. The molecular weight excluding hydrogens is 605 g/mol. The van der Waals surface area contributed by atoms with Crippen LogP contribution < -0.4 is 14.4 Å². The van der Waals surface area contributed by atoms with Crippen LogP contribution in [0.4, 0.5) is 10.1 Å². The van der Waals surface area contributed by atoms with Crippen LogP contribution in [-0.4, -0.2) is 43.8 Å². The second-order valence-electron chi connectivity index (χ2n) is 11.1. The van der Waals surface area contributed by atoms with Gasteiger partial charge in [0, 0.05) is 12.6 Å². The van der Waals surface area contributed by atoms with E-state index >= 15 is 0 Å². The minimum Gasteiger partial charge on any atom is -0.457 e. The molecule has 2 atom stereocenters. The molecule has 8 nitrogen and oxygen atoms in total. The van der Waals surface area contributed by atoms with E-state index in [2.05, 4.69) is 5.32 Å². The van der Waals surface area contributed by atoms with Crippen LogP contribution in [0.3, 0.4) is 0 Å². The summed E-state index contributed by atoms with van der Waals surface area (Å²) in [7, 11) is -4.23. The number of para-hydroxylation sites is 1. The number of nitrogens with zero attached hydrogens (tertiary/aromatic N) is 2. The molecule has 242 valence electrons. The van der Waals surface area contributed by atoms with Crippen molar-refractivity contribution in [1.29, 1.82) is 0 Å². The Morgan fingerprint density at radius 3 is 2.02 bits per heavy atom. The van der Waals surface area contributed by atoms with Crippen LogP contribution in [0, 0.1) is 12.7 Å². The van der Waals surface area contributed by atoms with Crippen molar-refractivity contribution in [3.8, 4) is 11.5 Å². The molecule has 0 aromatic heterocycles. The predicted molar refractivity (Wildman–Crippen MR) is 178 cm³/mol. The van der Waals surface area contributed by atoms with E-state index in [0.717, 1.165) is 9.87 Å². The highest BCUT2D eigenvalue weighted by Crippen LogP contribution is 2.29. The van der Waals surface area contributed by atoms with Gasteiger partial charge < -0.3 is 15.0 Å². The summed E-state index contributed by atoms with van der Waals surface area (Å²) in [5.74, 6) is -0.261. The Kier molecular flexibility index (Phi) is 11.5. The molecule has 10 heteroatoms. The minimum atomic E-state index is -4.23. The lowest BCUT2D eigenvalue weighted by molar-refractivity contribution is -0.140. The zero-order chi connectivity index (χ0) is 33.3. The monoisotopic (exact) mass is 645 g/mol. The molecule has 0 saturated heterocycles. The van der Waals surface area contributed by atoms with E-state index in [1.807, 2.05) is 39.0 Å². The van der Waals surface area contributed by atoms with Gasteiger partial charge in [-0.05, 0) is 92.9 Å². The number of amides is 2. The number of sulfonamides is 1. The second kappa shape index (κ2) is 15.5. The molecule has 0 fully saturated rings. The fourth-order valence-electron chi connectivity index (χ4n) is 4.82. The van der Waals surface area contributed by atoms with Gasteiger partial charge in [0.25, 0.3) is 10.0 Å². The number of hydrogen-bond acceptors (Lipinski definition) is 5. The number of aryl methyl sites for hydroxylation is 1. The summed E-state index contributed by atoms with van der Waals surface area (Å²) in [5, 5.41) is 2.94. The van der Waals surface area contributed by atoms with Gasteiger partial charge in [-0.25, -0.2) is 12.8 Å². The van der Waals surface area contributed by atoms with Crippen molar-refractivity contribution in [3.63, 3.8) is 0 Å². The molecule has 0 saturated carbocycles. The topological polar surface area (TPSA) is 96.0 Å². The number of benzene rings is 4. The molecule has 0 spiro atoms. The summed E-state index contributed by atoms with van der Waals surface area (Å²) in [6.45, 7) is 6.86. The van der Waals surface area contributed by atoms with Crippen LogP contribution in [0.5, 0.6) is 11.5 Å². The van der Waals surface area contributed by atoms with E-state index < -0.39 is 34.3 Å². The molecule has 4 aromatic carbocycles. The number of nitrogens with one attached hydrogen (secondary N) is 1. The second-order valence-corrected chi connectivity index (χ2v) is 13.0. The van der Waals surface area contributed by atoms with Gasteiger partial charge in [0.15, 0.2) is 0 Å². The first kappa shape index (κ1) is 34.2. The van der Waals surface area contributed by atoms with E-state index in [1.54, 1.807) is 67.6 Å². The lowest BCUT2D eigenvalue weighted by atomic mass is 10.1. The maximum atomic E-state index is 14.2. The molecule has 0 aliphatic rings. The first-order valence-electron chi connectivity index (χ1n) is 15.3. The standard InChI is InChI=1S/C36H40FN3O5S/c1-5-27(4)38-36(42)34(6-2)39(24-28-14-16-29(37)17-15-28)35(41)25-40(46(43,44)33-22-12-26(3)13-23-33)30-18-20-32(21-19-30)45-31-10-8-7-9-11-31/h7-23,27,34H,5-6,24-25H2,1-4H3,(H,38,42)/t27-,34+/m1/s1. The zero-order valence-electron chi connectivity index (χ0n) is 26.5. The number of carbonyl (C=O) groups excluding carboxylic acids is 2. The fraction of sp³-hybridized carbons (Fsp3) is 0.278. The normalized spacial score (nSPS) is 12.5. The number of anilines is 1. The maximum Gasteiger partial charge on any atom is 0.264 e. The summed E-state index contributed by atoms with van der Waals surface area (Å²) in [4.78, 5) is 29.0. The average Bonchev–Trinajstić information content (AvgIpc) is 3.05. The van der Waals surface area contributed by atoms with Crippen molar-refractivity contribution in [1.82, 2.24) is 10.2 Å². The van der Waals surface area contributed by atoms with E-state index in [0.29, 0.717) is 23.5 Å². The van der Waals surface area contributed by atoms with Gasteiger partial charge in [-0.2, -0.15) is 0 Å². The van der Waals surface area contributed by atoms with Gasteiger partial charge in [0.2, 0.25) is 11.8 Å². The molecule has 0 unspecified atom stereocenters. The van der Waals surface area contributed by atoms with E-state index in [4.69, 9.17) is 4.74 Å². The predicted octanol–water partition coefficient (Wildman–Crippen LogP) is 6.84. The van der Waals surface area contributed by atoms with Crippen LogP contribution in [0.2, 0.25) is 0 Å². The Labute approximate surface area is 270 Å². The lowest BCUT2D eigenvalue weighted by Gasteiger charge is -2.33. The Balaban J connectivity index is 1.72. The molecule has 0 aliphatic carbocycles. The molecule has 1 N–H and O–H groups in total. The minimum absolute atomic E-state index is 0.0159. The summed E-state index contributed by atoms with van der Waals surface area (Å²) < 4.78 is 48.9. The molecule has 2 amide bonds. The Bertz CT molecular complexity index is 1700. The van der Waals surface area contributed by atoms with Crippen molar-refractivity contribution < 1.29 is 27.1 Å². The molecule has 0 bridgehead atoms. The van der Waals surface area contributed by atoms with Crippen molar-refractivity contribution in [2.24, 2.45) is 0 Å². The molecular formula is C36H40FN3O5S. The van der Waals surface area contributed by atoms with Crippen LogP contribution >= 0.6 is 0 Å². The van der Waals surface area contributed by atoms with E-state index in [9.17, 15) is 22.4 Å². The number of rotatable bonds is 14. The first-order chi connectivity index (χ1) is 22.0. The van der Waals surface area contributed by atoms with E-state index in [-0.39, 0.29) is 35.5 Å². The Morgan fingerprint density at radius 1 is 0.826 bits per heavy atom. The third-order valence-electron chi connectivity index (χ3n) is 7.64. The van der Waals surface area contributed by atoms with Gasteiger partial charge in [0.1, 0.15) is 29.9 Å². The van der Waals surface area contributed by atoms with Gasteiger partial charge in [0.05, 0.1) is 10.6 Å². The maximum absolute atomic E-state index is 14.2. The lowest BCUT2D eigenvalue weighted by Crippen LogP contribution is -2.53. The molecule has 0 heterocycles. The first-order valence-corrected chi connectivity index (χ1v) is 16.7. The van der Waals surface area contributed by atoms with E-state index in [1.165, 1.54) is 29.2 Å². The third-order valence-corrected chi connectivity index (χ3v) is 9.43. The highest BCUT2D eigenvalue weighted by molar-refractivity contribution is 7.92. The van der Waals surface area contributed by atoms with Crippen molar-refractivity contribution in [3.05, 3.63) is 120 Å². The molecule has 0 radical (unpaired) electrons. The number of hydrogen-bond donors (Lipinski definition) is 1. The largest absolute Gasteiger partial charge is 0.457 e. The molecule has 4 aromatic rings. The van der Waals surface area contributed by atoms with Gasteiger partial charge in [-0.1, -0.05) is 61.9 Å². The third kappa shape index (κ3) is 8.72. The fourth-order valence-corrected chi connectivity index (χ4v) is 6.23. The summed E-state index contributed by atoms with van der Waals surface area (Å²) >= 11 is 0. The SMILES string of the molecule is CC[C@@H](C)NC(=O)[C@H](CC)N(Cc1ccc(F)cc1)C(=O)CN(c1ccc(Oc2ccccc2)cc1)S(=O)(=O)c1ccc(C)cc1. The van der Waals surface area contributed by atoms with Crippen LogP contribution in [-0.2, 0) is 26.2 Å². The zero-order valence-corrected chi connectivity index (χ0v) is 27.3. The number of carbonyl (C=O) groups is 2. The number of ether oxygens (including phenoxy) is 1. The molecule has 0 aliphatic heterocycles. The van der Waals surface area contributed by atoms with Crippen molar-refractivity contribution in [2.45, 2.75) is 64.1 Å². The Morgan fingerprint density at radius 2 is 1.43 bits per heavy atom. The van der Waals surface area contributed by atoms with Crippen LogP contribution in [0.1, 0.15) is 44.7 Å². The summed E-state index contributed by atoms with van der Waals surface area (Å²) in [5.41, 5.74) is 1.72. The average molecular weight is 646 g/mol. The van der Waals surface area contributed by atoms with Crippen molar-refractivity contribution >= 4 is 27.5 Å². The van der Waals surface area contributed by atoms with Crippen molar-refractivity contribution in [2.75, 3.05) is 10.8 Å². The van der Waals surface area contributed by atoms with Gasteiger partial charge >= 0.3 is 0 Å². The van der Waals surface area contributed by atoms with Gasteiger partial charge in [-0.15, -0.1) is 0 Å². The van der Waals surface area contributed by atoms with Crippen LogP contribution in [0.25, 0.3) is 0 Å².